The van der Waals surface area contributed by atoms with E-state index in [1.807, 2.05) is 0 Å². The number of likely N-dealkylation sites (tertiary alicyclic amines) is 1. The van der Waals surface area contributed by atoms with Gasteiger partial charge in [0, 0.05) is 17.8 Å². The molecule has 42 heavy (non-hydrogen) atoms. The molecule has 2 aliphatic rings. The zero-order chi connectivity index (χ0) is 30.2. The van der Waals surface area contributed by atoms with Crippen LogP contribution >= 0.6 is 0 Å². The molecule has 10 nitrogen and oxygen atoms in total. The smallest absolute Gasteiger partial charge is 0.309 e. The number of anilines is 1. The summed E-state index contributed by atoms with van der Waals surface area (Å²) in [6.07, 6.45) is 1.14. The first kappa shape index (κ1) is 29.1. The molecule has 0 aromatic heterocycles. The summed E-state index contributed by atoms with van der Waals surface area (Å²) in [7, 11) is -2.44. The molecule has 2 amide bonds. The van der Waals surface area contributed by atoms with Gasteiger partial charge in [0.1, 0.15) is 6.04 Å². The fourth-order valence-corrected chi connectivity index (χ4v) is 7.36. The lowest BCUT2D eigenvalue weighted by molar-refractivity contribution is -0.143. The van der Waals surface area contributed by atoms with Crippen molar-refractivity contribution in [2.24, 2.45) is 11.7 Å². The van der Waals surface area contributed by atoms with Gasteiger partial charge < -0.3 is 25.8 Å². The molecule has 3 atom stereocenters. The molecule has 1 aliphatic carbocycles. The summed E-state index contributed by atoms with van der Waals surface area (Å²) in [6, 6.07) is 14.0. The van der Waals surface area contributed by atoms with Crippen molar-refractivity contribution in [2.75, 3.05) is 19.0 Å². The quantitative estimate of drug-likeness (QED) is 0.320. The van der Waals surface area contributed by atoms with Crippen molar-refractivity contribution in [3.63, 3.8) is 0 Å². The minimum atomic E-state index is -3.73. The van der Waals surface area contributed by atoms with Crippen molar-refractivity contribution in [1.82, 2.24) is 4.90 Å². The van der Waals surface area contributed by atoms with Gasteiger partial charge in [-0.3, -0.25) is 14.4 Å². The molecule has 1 saturated carbocycles. The van der Waals surface area contributed by atoms with Crippen LogP contribution in [0.2, 0.25) is 0 Å². The molecule has 4 N–H and O–H groups in total. The highest BCUT2D eigenvalue weighted by Gasteiger charge is 2.47. The molecule has 1 aliphatic heterocycles. The summed E-state index contributed by atoms with van der Waals surface area (Å²) in [6.45, 7) is 0.0378. The Balaban J connectivity index is 1.60. The lowest BCUT2D eigenvalue weighted by Gasteiger charge is -2.32. The van der Waals surface area contributed by atoms with E-state index in [0.717, 1.165) is 6.07 Å². The molecule has 3 aromatic rings. The molecule has 1 saturated heterocycles. The number of carbonyl (C=O) groups is 3. The second kappa shape index (κ2) is 11.4. The minimum absolute atomic E-state index is 0.0190. The molecule has 5 rings (SSSR count). The highest BCUT2D eigenvalue weighted by atomic mass is 32.2. The number of nitrogens with two attached hydrogens (primary N) is 1. The molecular weight excluding hydrogens is 565 g/mol. The molecule has 12 heteroatoms. The normalized spacial score (nSPS) is 19.2. The lowest BCUT2D eigenvalue weighted by Crippen LogP contribution is -2.40. The van der Waals surface area contributed by atoms with Gasteiger partial charge in [0.25, 0.3) is 0 Å². The summed E-state index contributed by atoms with van der Waals surface area (Å²) >= 11 is 0. The number of hydrogen-bond acceptors (Lipinski definition) is 7. The van der Waals surface area contributed by atoms with Gasteiger partial charge in [-0.05, 0) is 66.8 Å². The Bertz CT molecular complexity index is 1660. The van der Waals surface area contributed by atoms with Gasteiger partial charge in [0.2, 0.25) is 11.8 Å². The van der Waals surface area contributed by atoms with E-state index < -0.39 is 56.7 Å². The van der Waals surface area contributed by atoms with Crippen molar-refractivity contribution in [2.45, 2.75) is 41.5 Å². The second-order valence-electron chi connectivity index (χ2n) is 10.4. The van der Waals surface area contributed by atoms with Crippen LogP contribution in [0, 0.1) is 11.7 Å². The van der Waals surface area contributed by atoms with E-state index in [4.69, 9.17) is 10.5 Å². The number of benzene rings is 3. The number of methoxy groups -OCH3 is 1. The number of carbonyl (C=O) groups excluding carboxylic acids is 2. The average molecular weight is 596 g/mol. The van der Waals surface area contributed by atoms with Gasteiger partial charge in [-0.15, -0.1) is 0 Å². The number of halogens is 1. The van der Waals surface area contributed by atoms with Crippen LogP contribution in [-0.4, -0.2) is 55.1 Å². The van der Waals surface area contributed by atoms with Crippen molar-refractivity contribution in [1.29, 1.82) is 0 Å². The molecule has 3 aromatic carbocycles. The summed E-state index contributed by atoms with van der Waals surface area (Å²) in [5.41, 5.74) is 6.53. The van der Waals surface area contributed by atoms with Crippen molar-refractivity contribution >= 4 is 33.3 Å². The number of nitrogens with zero attached hydrogens (tertiary/aromatic N) is 1. The SMILES string of the molecule is COc1cc(C(Nc2cccc(C(N)=O)c2)C(=O)N2CCC(C(=O)O)C2c2ccccc2S(=O)(=O)C2CC2)ccc1F. The largest absolute Gasteiger partial charge is 0.494 e. The third-order valence-electron chi connectivity index (χ3n) is 7.72. The molecule has 3 unspecified atom stereocenters. The number of amides is 2. The van der Waals surface area contributed by atoms with E-state index in [1.165, 1.54) is 42.3 Å². The van der Waals surface area contributed by atoms with E-state index in [-0.39, 0.29) is 34.7 Å². The lowest BCUT2D eigenvalue weighted by atomic mass is 9.93. The highest BCUT2D eigenvalue weighted by molar-refractivity contribution is 7.92. The maximum absolute atomic E-state index is 14.4. The Morgan fingerprint density at radius 1 is 1.05 bits per heavy atom. The number of rotatable bonds is 10. The Labute approximate surface area is 242 Å². The molecular formula is C30H30FN3O7S. The monoisotopic (exact) mass is 595 g/mol. The van der Waals surface area contributed by atoms with E-state index in [2.05, 4.69) is 5.32 Å². The van der Waals surface area contributed by atoms with Gasteiger partial charge in [-0.1, -0.05) is 30.3 Å². The molecule has 0 spiro atoms. The molecule has 0 radical (unpaired) electrons. The molecule has 2 fully saturated rings. The Hall–Kier alpha value is -4.45. The van der Waals surface area contributed by atoms with Gasteiger partial charge in [0.15, 0.2) is 21.4 Å². The zero-order valence-corrected chi connectivity index (χ0v) is 23.5. The maximum atomic E-state index is 14.4. The summed E-state index contributed by atoms with van der Waals surface area (Å²) in [5.74, 6) is -4.22. The second-order valence-corrected chi connectivity index (χ2v) is 12.6. The summed E-state index contributed by atoms with van der Waals surface area (Å²) in [4.78, 5) is 40.0. The Morgan fingerprint density at radius 2 is 1.79 bits per heavy atom. The molecule has 0 bridgehead atoms. The fourth-order valence-electron chi connectivity index (χ4n) is 5.46. The summed E-state index contributed by atoms with van der Waals surface area (Å²) in [5, 5.41) is 12.7. The van der Waals surface area contributed by atoms with Crippen molar-refractivity contribution < 1.29 is 37.0 Å². The van der Waals surface area contributed by atoms with E-state index in [1.54, 1.807) is 30.3 Å². The number of nitrogens with one attached hydrogen (secondary N) is 1. The van der Waals surface area contributed by atoms with E-state index in [0.29, 0.717) is 24.1 Å². The van der Waals surface area contributed by atoms with Gasteiger partial charge >= 0.3 is 5.97 Å². The number of carboxylic acid groups (broad SMARTS) is 1. The zero-order valence-electron chi connectivity index (χ0n) is 22.7. The topological polar surface area (TPSA) is 156 Å². The standard InChI is InChI=1S/C30H30FN3O7S/c1-41-24-16-17(9-12-23(24)31)26(33-19-6-4-5-18(15-19)28(32)35)29(36)34-14-13-22(30(37)38)27(34)21-7-2-3-8-25(21)42(39,40)20-10-11-20/h2-9,12,15-16,20,22,26-27,33H,10-11,13-14H2,1H3,(H2,32,35)(H,37,38). The summed E-state index contributed by atoms with van der Waals surface area (Å²) < 4.78 is 46.2. The third-order valence-corrected chi connectivity index (χ3v) is 10.1. The minimum Gasteiger partial charge on any atom is -0.494 e. The van der Waals surface area contributed by atoms with Crippen molar-refractivity contribution in [3.05, 3.63) is 89.2 Å². The van der Waals surface area contributed by atoms with Crippen LogP contribution in [0.25, 0.3) is 0 Å². The Morgan fingerprint density at radius 3 is 2.45 bits per heavy atom. The first-order valence-electron chi connectivity index (χ1n) is 13.4. The number of primary amides is 1. The highest BCUT2D eigenvalue weighted by Crippen LogP contribution is 2.44. The van der Waals surface area contributed by atoms with E-state index >= 15 is 0 Å². The van der Waals surface area contributed by atoms with Crippen LogP contribution < -0.4 is 15.8 Å². The average Bonchev–Trinajstić information content (AvgIpc) is 3.75. The van der Waals surface area contributed by atoms with Crippen LogP contribution in [0.3, 0.4) is 0 Å². The van der Waals surface area contributed by atoms with Gasteiger partial charge in [-0.25, -0.2) is 12.8 Å². The van der Waals surface area contributed by atoms with E-state index in [9.17, 15) is 32.3 Å². The molecule has 1 heterocycles. The number of ether oxygens (including phenoxy) is 1. The number of carboxylic acids is 1. The number of hydrogen-bond donors (Lipinski definition) is 3. The predicted octanol–water partition coefficient (Wildman–Crippen LogP) is 3.70. The van der Waals surface area contributed by atoms with Crippen LogP contribution in [0.15, 0.2) is 71.6 Å². The molecule has 220 valence electrons. The Kier molecular flexibility index (Phi) is 7.91. The van der Waals surface area contributed by atoms with Gasteiger partial charge in [-0.2, -0.15) is 0 Å². The van der Waals surface area contributed by atoms with Crippen molar-refractivity contribution in [3.8, 4) is 5.75 Å². The van der Waals surface area contributed by atoms with Crippen LogP contribution in [0.1, 0.15) is 52.8 Å². The number of sulfone groups is 1. The van der Waals surface area contributed by atoms with Crippen LogP contribution in [0.5, 0.6) is 5.75 Å². The van der Waals surface area contributed by atoms with Crippen LogP contribution in [-0.2, 0) is 19.4 Å². The maximum Gasteiger partial charge on any atom is 0.309 e. The van der Waals surface area contributed by atoms with Crippen LogP contribution in [0.4, 0.5) is 10.1 Å². The fraction of sp³-hybridized carbons (Fsp3) is 0.300. The third kappa shape index (κ3) is 5.54. The van der Waals surface area contributed by atoms with Gasteiger partial charge in [0.05, 0.1) is 29.2 Å². The number of aliphatic carboxylic acids is 1. The first-order valence-corrected chi connectivity index (χ1v) is 14.9. The predicted molar refractivity (Wildman–Crippen MR) is 151 cm³/mol. The first-order chi connectivity index (χ1) is 20.0.